The molecular weight excluding hydrogens is 417 g/mol. The molecule has 1 heterocycles. The number of carbonyl (C=O) groups is 1. The highest BCUT2D eigenvalue weighted by Gasteiger charge is 2.52. The minimum Gasteiger partial charge on any atom is -0.508 e. The summed E-state index contributed by atoms with van der Waals surface area (Å²) in [5, 5.41) is 11.0. The second-order valence-electron chi connectivity index (χ2n) is 9.17. The van der Waals surface area contributed by atoms with Gasteiger partial charge in [-0.05, 0) is 61.9 Å². The van der Waals surface area contributed by atoms with Crippen LogP contribution >= 0.6 is 0 Å². The number of carbonyl (C=O) groups excluding carboxylic acids is 1. The first-order valence-corrected chi connectivity index (χ1v) is 11.1. The van der Waals surface area contributed by atoms with E-state index < -0.39 is 28.7 Å². The third-order valence-corrected chi connectivity index (χ3v) is 6.66. The maximum absolute atomic E-state index is 14.4. The van der Waals surface area contributed by atoms with Crippen molar-refractivity contribution in [3.05, 3.63) is 64.7 Å². The monoisotopic (exact) mass is 444 g/mol. The van der Waals surface area contributed by atoms with Gasteiger partial charge < -0.3 is 9.84 Å². The lowest BCUT2D eigenvalue weighted by atomic mass is 9.73. The van der Waals surface area contributed by atoms with Crippen molar-refractivity contribution in [3.8, 4) is 11.1 Å². The zero-order valence-corrected chi connectivity index (χ0v) is 18.5. The van der Waals surface area contributed by atoms with Crippen molar-refractivity contribution in [1.29, 1.82) is 0 Å². The Morgan fingerprint density at radius 3 is 2.28 bits per heavy atom. The average Bonchev–Trinajstić information content (AvgIpc) is 2.77. The van der Waals surface area contributed by atoms with Gasteiger partial charge in [0, 0.05) is 5.56 Å². The summed E-state index contributed by atoms with van der Waals surface area (Å²) in [4.78, 5) is 13.7. The predicted octanol–water partition coefficient (Wildman–Crippen LogP) is 6.68. The molecule has 1 saturated carbocycles. The van der Waals surface area contributed by atoms with Crippen molar-refractivity contribution in [2.75, 3.05) is 0 Å². The molecule has 4 rings (SSSR count). The highest BCUT2D eigenvalue weighted by Crippen LogP contribution is 2.47. The summed E-state index contributed by atoms with van der Waals surface area (Å²) in [6.07, 6.45) is 4.50. The van der Waals surface area contributed by atoms with Crippen LogP contribution in [0.2, 0.25) is 0 Å². The number of ketones is 1. The largest absolute Gasteiger partial charge is 0.508 e. The number of hydrogen-bond donors (Lipinski definition) is 1. The first-order valence-electron chi connectivity index (χ1n) is 11.1. The van der Waals surface area contributed by atoms with Gasteiger partial charge in [-0.15, -0.1) is 0 Å². The molecule has 2 aliphatic rings. The Labute approximate surface area is 185 Å². The van der Waals surface area contributed by atoms with Crippen molar-refractivity contribution in [3.63, 3.8) is 0 Å². The molecule has 6 heteroatoms. The van der Waals surface area contributed by atoms with E-state index in [0.717, 1.165) is 25.3 Å². The van der Waals surface area contributed by atoms with Crippen molar-refractivity contribution in [2.45, 2.75) is 70.5 Å². The van der Waals surface area contributed by atoms with Crippen LogP contribution in [0, 0.1) is 17.5 Å². The van der Waals surface area contributed by atoms with Gasteiger partial charge >= 0.3 is 0 Å². The van der Waals surface area contributed by atoms with Gasteiger partial charge in [0.15, 0.2) is 23.2 Å². The molecule has 170 valence electrons. The average molecular weight is 444 g/mol. The van der Waals surface area contributed by atoms with Gasteiger partial charge in [-0.1, -0.05) is 44.4 Å². The minimum absolute atomic E-state index is 0.0641. The Morgan fingerprint density at radius 1 is 0.969 bits per heavy atom. The number of benzene rings is 2. The van der Waals surface area contributed by atoms with E-state index in [9.17, 15) is 23.1 Å². The molecule has 1 aliphatic heterocycles. The molecule has 0 amide bonds. The molecule has 0 aromatic heterocycles. The molecule has 2 aromatic carbocycles. The summed E-state index contributed by atoms with van der Waals surface area (Å²) in [7, 11) is 0. The topological polar surface area (TPSA) is 46.5 Å². The maximum Gasteiger partial charge on any atom is 0.198 e. The second kappa shape index (κ2) is 8.07. The van der Waals surface area contributed by atoms with Gasteiger partial charge in [0.1, 0.15) is 17.0 Å². The summed E-state index contributed by atoms with van der Waals surface area (Å²) < 4.78 is 47.7. The Balaban J connectivity index is 1.85. The highest BCUT2D eigenvalue weighted by molar-refractivity contribution is 6.26. The fourth-order valence-electron chi connectivity index (χ4n) is 4.97. The molecule has 1 N–H and O–H groups in total. The zero-order chi connectivity index (χ0) is 23.3. The normalized spacial score (nSPS) is 20.1. The molecular formula is C26H27F3O3. The fraction of sp³-hybridized carbons (Fsp3) is 0.423. The van der Waals surface area contributed by atoms with Gasteiger partial charge in [-0.25, -0.2) is 13.2 Å². The van der Waals surface area contributed by atoms with E-state index in [1.54, 1.807) is 32.0 Å². The first kappa shape index (κ1) is 22.6. The molecule has 0 saturated heterocycles. The number of hydrogen-bond acceptors (Lipinski definition) is 3. The summed E-state index contributed by atoms with van der Waals surface area (Å²) in [6.45, 7) is 5.39. The number of rotatable bonds is 3. The molecule has 0 bridgehead atoms. The lowest BCUT2D eigenvalue weighted by Gasteiger charge is -2.46. The molecule has 32 heavy (non-hydrogen) atoms. The number of ether oxygens (including phenoxy) is 1. The summed E-state index contributed by atoms with van der Waals surface area (Å²) >= 11 is 0. The van der Waals surface area contributed by atoms with Crippen molar-refractivity contribution < 1.29 is 27.8 Å². The number of aliphatic hydroxyl groups excluding tert-OH is 1. The quantitative estimate of drug-likeness (QED) is 0.537. The third-order valence-electron chi connectivity index (χ3n) is 6.66. The van der Waals surface area contributed by atoms with E-state index in [-0.39, 0.29) is 22.7 Å². The molecule has 0 unspecified atom stereocenters. The lowest BCUT2D eigenvalue weighted by Crippen LogP contribution is -2.54. The zero-order valence-electron chi connectivity index (χ0n) is 18.5. The van der Waals surface area contributed by atoms with Crippen LogP contribution in [-0.2, 0) is 16.0 Å². The fourth-order valence-corrected chi connectivity index (χ4v) is 4.97. The molecule has 2 aromatic rings. The van der Waals surface area contributed by atoms with Crippen LogP contribution in [0.4, 0.5) is 13.2 Å². The summed E-state index contributed by atoms with van der Waals surface area (Å²) in [5.41, 5.74) is -0.195. The second-order valence-corrected chi connectivity index (χ2v) is 9.17. The van der Waals surface area contributed by atoms with Gasteiger partial charge in [0.25, 0.3) is 0 Å². The standard InChI is InChI=1S/C26H27F3O3/c1-4-15-14-16(18-10-11-19(27)22(29)21(18)28)8-9-17(15)20-23(30)25(2,3)32-26(24(20)31)12-6-5-7-13-26/h8-11,14,30H,4-7,12-13H2,1-3H3. The molecule has 0 radical (unpaired) electrons. The van der Waals surface area contributed by atoms with Gasteiger partial charge in [0.2, 0.25) is 0 Å². The number of aryl methyl sites for hydroxylation is 1. The smallest absolute Gasteiger partial charge is 0.198 e. The predicted molar refractivity (Wildman–Crippen MR) is 117 cm³/mol. The number of Topliss-reactive ketones (excluding diaryl/α,β-unsaturated/α-hetero) is 1. The van der Waals surface area contributed by atoms with E-state index in [4.69, 9.17) is 4.74 Å². The van der Waals surface area contributed by atoms with Crippen molar-refractivity contribution in [1.82, 2.24) is 0 Å². The van der Waals surface area contributed by atoms with Crippen molar-refractivity contribution >= 4 is 11.4 Å². The van der Waals surface area contributed by atoms with Crippen LogP contribution in [0.25, 0.3) is 16.7 Å². The van der Waals surface area contributed by atoms with Crippen LogP contribution in [0.3, 0.4) is 0 Å². The van der Waals surface area contributed by atoms with Crippen LogP contribution in [-0.4, -0.2) is 22.1 Å². The molecule has 1 spiro atoms. The number of halogens is 3. The van der Waals surface area contributed by atoms with E-state index in [0.29, 0.717) is 36.0 Å². The van der Waals surface area contributed by atoms with Crippen LogP contribution in [0.5, 0.6) is 0 Å². The SMILES string of the molecule is CCc1cc(-c2ccc(F)c(F)c2F)ccc1C1=C(O)C(C)(C)OC2(CCCCC2)C1=O. The van der Waals surface area contributed by atoms with Crippen LogP contribution < -0.4 is 0 Å². The summed E-state index contributed by atoms with van der Waals surface area (Å²) in [6, 6.07) is 6.95. The van der Waals surface area contributed by atoms with Crippen LogP contribution in [0.15, 0.2) is 36.1 Å². The van der Waals surface area contributed by atoms with E-state index >= 15 is 0 Å². The maximum atomic E-state index is 14.4. The van der Waals surface area contributed by atoms with Gasteiger partial charge in [0.05, 0.1) is 5.57 Å². The number of aliphatic hydroxyl groups is 1. The molecule has 0 atom stereocenters. The molecule has 3 nitrogen and oxygen atoms in total. The molecule has 1 aliphatic carbocycles. The Bertz CT molecular complexity index is 1110. The van der Waals surface area contributed by atoms with Gasteiger partial charge in [-0.3, -0.25) is 4.79 Å². The van der Waals surface area contributed by atoms with Crippen LogP contribution in [0.1, 0.15) is 64.0 Å². The lowest BCUT2D eigenvalue weighted by molar-refractivity contribution is -0.174. The van der Waals surface area contributed by atoms with E-state index in [2.05, 4.69) is 0 Å². The molecule has 1 fully saturated rings. The van der Waals surface area contributed by atoms with Gasteiger partial charge in [-0.2, -0.15) is 0 Å². The van der Waals surface area contributed by atoms with E-state index in [1.807, 2.05) is 6.92 Å². The Morgan fingerprint density at radius 2 is 1.62 bits per heavy atom. The minimum atomic E-state index is -1.52. The van der Waals surface area contributed by atoms with E-state index in [1.165, 1.54) is 6.07 Å². The van der Waals surface area contributed by atoms with Crippen molar-refractivity contribution in [2.24, 2.45) is 0 Å². The first-order chi connectivity index (χ1) is 15.1. The highest BCUT2D eigenvalue weighted by atomic mass is 19.2. The Hall–Kier alpha value is -2.60. The Kier molecular flexibility index (Phi) is 5.70. The summed E-state index contributed by atoms with van der Waals surface area (Å²) in [5.74, 6) is -4.38. The third kappa shape index (κ3) is 3.54.